The first-order chi connectivity index (χ1) is 11.1. The summed E-state index contributed by atoms with van der Waals surface area (Å²) in [5.41, 5.74) is 0. The highest BCUT2D eigenvalue weighted by atomic mass is 16.4. The first-order valence-corrected chi connectivity index (χ1v) is 10.1. The average molecular weight is 328 g/mol. The number of carbonyl (C=O) groups is 1. The van der Waals surface area contributed by atoms with Crippen LogP contribution in [-0.2, 0) is 4.79 Å². The van der Waals surface area contributed by atoms with Gasteiger partial charge in [0.2, 0.25) is 0 Å². The third-order valence-electron chi connectivity index (χ3n) is 4.87. The lowest BCUT2D eigenvalue weighted by Crippen LogP contribution is -3.13. The lowest BCUT2D eigenvalue weighted by atomic mass is 10.1. The van der Waals surface area contributed by atoms with E-state index in [1.165, 1.54) is 96.6 Å². The molecular formula is C20H41NO2. The van der Waals surface area contributed by atoms with Crippen molar-refractivity contribution in [3.63, 3.8) is 0 Å². The van der Waals surface area contributed by atoms with Crippen LogP contribution in [0.4, 0.5) is 0 Å². The van der Waals surface area contributed by atoms with Gasteiger partial charge in [0.25, 0.3) is 0 Å². The summed E-state index contributed by atoms with van der Waals surface area (Å²) >= 11 is 0. The first-order valence-electron chi connectivity index (χ1n) is 10.1. The molecule has 0 aromatic rings. The number of unbranched alkanes of at least 4 members (excludes halogenated alkanes) is 8. The van der Waals surface area contributed by atoms with E-state index < -0.39 is 5.97 Å². The number of carbonyl (C=O) groups excluding carboxylic acids is 1. The smallest absolute Gasteiger partial charge is 0.0876 e. The number of aliphatic carboxylic acids is 1. The molecule has 1 aliphatic heterocycles. The fraction of sp³-hybridized carbons (Fsp3) is 0.950. The molecule has 1 heterocycles. The zero-order chi connectivity index (χ0) is 17.3. The molecule has 3 heteroatoms. The minimum absolute atomic E-state index is 0.972. The van der Waals surface area contributed by atoms with Crippen LogP contribution in [0.15, 0.2) is 0 Å². The molecule has 1 fully saturated rings. The monoisotopic (exact) mass is 327 g/mol. The second-order valence-corrected chi connectivity index (χ2v) is 7.11. The number of carboxylic acids is 1. The molecule has 3 nitrogen and oxygen atoms in total. The van der Waals surface area contributed by atoms with Crippen molar-refractivity contribution in [2.24, 2.45) is 0 Å². The van der Waals surface area contributed by atoms with Gasteiger partial charge in [-0.1, -0.05) is 65.2 Å². The minimum Gasteiger partial charge on any atom is -0.550 e. The number of likely N-dealkylation sites (tertiary alicyclic amines) is 1. The molecule has 0 bridgehead atoms. The van der Waals surface area contributed by atoms with E-state index >= 15 is 0 Å². The van der Waals surface area contributed by atoms with E-state index in [2.05, 4.69) is 13.8 Å². The molecule has 23 heavy (non-hydrogen) atoms. The largest absolute Gasteiger partial charge is 0.550 e. The lowest BCUT2D eigenvalue weighted by Gasteiger charge is -2.21. The third kappa shape index (κ3) is 14.7. The maximum absolute atomic E-state index is 8.89. The molecule has 0 saturated carbocycles. The second kappa shape index (κ2) is 16.3. The highest BCUT2D eigenvalue weighted by Crippen LogP contribution is 2.10. The summed E-state index contributed by atoms with van der Waals surface area (Å²) in [6.07, 6.45) is 19.0. The molecule has 0 aromatic carbocycles. The Morgan fingerprint density at radius 1 is 0.957 bits per heavy atom. The van der Waals surface area contributed by atoms with Gasteiger partial charge in [0, 0.05) is 18.8 Å². The number of hydrogen-bond donors (Lipinski definition) is 1. The van der Waals surface area contributed by atoms with Crippen molar-refractivity contribution in [2.45, 2.75) is 110 Å². The van der Waals surface area contributed by atoms with Gasteiger partial charge >= 0.3 is 0 Å². The Labute approximate surface area is 144 Å². The molecule has 138 valence electrons. The molecule has 2 unspecified atom stereocenters. The number of carboxylic acid groups (broad SMARTS) is 1. The van der Waals surface area contributed by atoms with Gasteiger partial charge in [0.15, 0.2) is 0 Å². The molecule has 1 rings (SSSR count). The van der Waals surface area contributed by atoms with Gasteiger partial charge in [-0.3, -0.25) is 0 Å². The molecule has 1 saturated heterocycles. The second-order valence-electron chi connectivity index (χ2n) is 7.11. The van der Waals surface area contributed by atoms with Crippen molar-refractivity contribution in [3.05, 3.63) is 0 Å². The predicted octanol–water partition coefficient (Wildman–Crippen LogP) is 3.12. The number of rotatable bonds is 12. The van der Waals surface area contributed by atoms with E-state index in [1.807, 2.05) is 4.90 Å². The van der Waals surface area contributed by atoms with E-state index in [0.29, 0.717) is 0 Å². The van der Waals surface area contributed by atoms with Crippen LogP contribution in [0.1, 0.15) is 104 Å². The van der Waals surface area contributed by atoms with Gasteiger partial charge in [-0.15, -0.1) is 0 Å². The first kappa shape index (κ1) is 22.4. The fourth-order valence-electron chi connectivity index (χ4n) is 3.67. The van der Waals surface area contributed by atoms with Gasteiger partial charge < -0.3 is 14.8 Å². The number of quaternary nitrogens is 1. The van der Waals surface area contributed by atoms with E-state index in [9.17, 15) is 0 Å². The van der Waals surface area contributed by atoms with Crippen molar-refractivity contribution in [1.29, 1.82) is 0 Å². The van der Waals surface area contributed by atoms with Crippen molar-refractivity contribution >= 4 is 5.97 Å². The molecular weight excluding hydrogens is 286 g/mol. The Morgan fingerprint density at radius 2 is 1.48 bits per heavy atom. The molecule has 0 spiro atoms. The summed E-state index contributed by atoms with van der Waals surface area (Å²) in [5, 5.41) is 8.89. The predicted molar refractivity (Wildman–Crippen MR) is 96.5 cm³/mol. The van der Waals surface area contributed by atoms with Crippen molar-refractivity contribution < 1.29 is 14.8 Å². The van der Waals surface area contributed by atoms with Gasteiger partial charge in [-0.2, -0.15) is 0 Å². The highest BCUT2D eigenvalue weighted by Gasteiger charge is 2.26. The number of nitrogens with one attached hydrogen (secondary N) is 1. The summed E-state index contributed by atoms with van der Waals surface area (Å²) < 4.78 is 0. The highest BCUT2D eigenvalue weighted by molar-refractivity contribution is 5.60. The van der Waals surface area contributed by atoms with Crippen LogP contribution < -0.4 is 10.0 Å². The Kier molecular flexibility index (Phi) is 15.9. The zero-order valence-corrected chi connectivity index (χ0v) is 16.0. The molecule has 0 aromatic heterocycles. The standard InChI is InChI=1S/C18H37N.C2H4O2/c1-3-5-6-7-8-9-10-11-12-16-19-17-13-15-18(19)14-4-2;1-2(3)4/h18H,3-17H2,1-2H3;1H3,(H,3,4). The summed E-state index contributed by atoms with van der Waals surface area (Å²) in [4.78, 5) is 10.8. The average Bonchev–Trinajstić information content (AvgIpc) is 2.93. The van der Waals surface area contributed by atoms with Crippen LogP contribution in [0, 0.1) is 0 Å². The van der Waals surface area contributed by atoms with Crippen LogP contribution in [0.2, 0.25) is 0 Å². The van der Waals surface area contributed by atoms with Crippen LogP contribution in [0.25, 0.3) is 0 Å². The Balaban J connectivity index is 0.00000108. The molecule has 0 radical (unpaired) electrons. The summed E-state index contributed by atoms with van der Waals surface area (Å²) in [6, 6.07) is 1.01. The summed E-state index contributed by atoms with van der Waals surface area (Å²) in [5.74, 6) is -1.08. The normalized spacial score (nSPS) is 20.1. The Hall–Kier alpha value is -0.570. The van der Waals surface area contributed by atoms with E-state index in [-0.39, 0.29) is 0 Å². The van der Waals surface area contributed by atoms with Gasteiger partial charge in [0.1, 0.15) is 0 Å². The quantitative estimate of drug-likeness (QED) is 0.560. The van der Waals surface area contributed by atoms with Gasteiger partial charge in [-0.25, -0.2) is 0 Å². The SMILES string of the molecule is CC(=O)[O-].CCCCCCCCCCC[NH+]1CCCC1CCC. The van der Waals surface area contributed by atoms with Crippen LogP contribution >= 0.6 is 0 Å². The van der Waals surface area contributed by atoms with E-state index in [1.54, 1.807) is 0 Å². The third-order valence-corrected chi connectivity index (χ3v) is 4.87. The molecule has 0 aliphatic carbocycles. The van der Waals surface area contributed by atoms with Crippen molar-refractivity contribution in [3.8, 4) is 0 Å². The summed E-state index contributed by atoms with van der Waals surface area (Å²) in [6.45, 7) is 8.53. The molecule has 2 atom stereocenters. The fourth-order valence-corrected chi connectivity index (χ4v) is 3.67. The molecule has 0 amide bonds. The Bertz CT molecular complexity index is 264. The van der Waals surface area contributed by atoms with Gasteiger partial charge in [-0.05, 0) is 26.2 Å². The molecule has 1 aliphatic rings. The lowest BCUT2D eigenvalue weighted by molar-refractivity contribution is -0.912. The topological polar surface area (TPSA) is 44.6 Å². The van der Waals surface area contributed by atoms with E-state index in [0.717, 1.165) is 13.0 Å². The van der Waals surface area contributed by atoms with Gasteiger partial charge in [0.05, 0.1) is 19.1 Å². The maximum Gasteiger partial charge on any atom is 0.0876 e. The number of hydrogen-bond acceptors (Lipinski definition) is 2. The molecule has 1 N–H and O–H groups in total. The van der Waals surface area contributed by atoms with Crippen LogP contribution in [-0.4, -0.2) is 25.1 Å². The van der Waals surface area contributed by atoms with Crippen molar-refractivity contribution in [1.82, 2.24) is 0 Å². The van der Waals surface area contributed by atoms with E-state index in [4.69, 9.17) is 9.90 Å². The zero-order valence-electron chi connectivity index (χ0n) is 16.0. The summed E-state index contributed by atoms with van der Waals surface area (Å²) in [7, 11) is 0. The van der Waals surface area contributed by atoms with Crippen LogP contribution in [0.3, 0.4) is 0 Å². The van der Waals surface area contributed by atoms with Crippen molar-refractivity contribution in [2.75, 3.05) is 13.1 Å². The van der Waals surface area contributed by atoms with Crippen LogP contribution in [0.5, 0.6) is 0 Å². The Morgan fingerprint density at radius 3 is 2.00 bits per heavy atom. The minimum atomic E-state index is -1.08. The maximum atomic E-state index is 8.89.